The molecular formula is C32H50N2O9S. The van der Waals surface area contributed by atoms with E-state index in [-0.39, 0.29) is 44.8 Å². The van der Waals surface area contributed by atoms with E-state index in [1.54, 1.807) is 26.8 Å². The van der Waals surface area contributed by atoms with Crippen molar-refractivity contribution in [3.8, 4) is 0 Å². The molecule has 3 fully saturated rings. The van der Waals surface area contributed by atoms with Gasteiger partial charge in [-0.1, -0.05) is 18.6 Å². The molecule has 2 saturated carbocycles. The number of carbonyl (C=O) groups excluding carboxylic acids is 4. The van der Waals surface area contributed by atoms with Gasteiger partial charge < -0.3 is 19.5 Å². The van der Waals surface area contributed by atoms with Crippen LogP contribution in [0.25, 0.3) is 0 Å². The van der Waals surface area contributed by atoms with Crippen molar-refractivity contribution in [3.63, 3.8) is 0 Å². The summed E-state index contributed by atoms with van der Waals surface area (Å²) in [6, 6.07) is -1.03. The van der Waals surface area contributed by atoms with Gasteiger partial charge in [0, 0.05) is 33.1 Å². The number of β-amino-alcohol motifs (C(OH)–C–C–N with tert-alkyl or cyclic N) is 1. The molecule has 44 heavy (non-hydrogen) atoms. The predicted octanol–water partition coefficient (Wildman–Crippen LogP) is 3.07. The Bertz CT molecular complexity index is 1210. The summed E-state index contributed by atoms with van der Waals surface area (Å²) in [5, 5.41) is 10.0. The van der Waals surface area contributed by atoms with E-state index < -0.39 is 73.8 Å². The number of nitrogens with one attached hydrogen (secondary N) is 1. The highest BCUT2D eigenvalue weighted by Crippen LogP contribution is 2.57. The van der Waals surface area contributed by atoms with E-state index in [4.69, 9.17) is 9.47 Å². The zero-order chi connectivity index (χ0) is 32.9. The highest BCUT2D eigenvalue weighted by Gasteiger charge is 2.61. The molecule has 3 rings (SSSR count). The third-order valence-corrected chi connectivity index (χ3v) is 10.6. The van der Waals surface area contributed by atoms with Crippen LogP contribution in [0.1, 0.15) is 85.0 Å². The monoisotopic (exact) mass is 638 g/mol. The van der Waals surface area contributed by atoms with Crippen LogP contribution in [0.15, 0.2) is 25.3 Å². The van der Waals surface area contributed by atoms with Crippen LogP contribution >= 0.6 is 0 Å². The van der Waals surface area contributed by atoms with E-state index in [0.29, 0.717) is 19.3 Å². The van der Waals surface area contributed by atoms with Gasteiger partial charge in [-0.3, -0.25) is 23.9 Å². The largest absolute Gasteiger partial charge is 0.460 e. The average molecular weight is 639 g/mol. The molecule has 248 valence electrons. The third kappa shape index (κ3) is 9.23. The van der Waals surface area contributed by atoms with E-state index >= 15 is 0 Å². The highest BCUT2D eigenvalue weighted by atomic mass is 32.2. The van der Waals surface area contributed by atoms with Gasteiger partial charge in [0.2, 0.25) is 21.8 Å². The van der Waals surface area contributed by atoms with Crippen LogP contribution in [0, 0.1) is 23.2 Å². The van der Waals surface area contributed by atoms with Gasteiger partial charge in [-0.25, -0.2) is 8.42 Å². The summed E-state index contributed by atoms with van der Waals surface area (Å²) in [6.45, 7) is 12.8. The lowest BCUT2D eigenvalue weighted by molar-refractivity contribution is -0.160. The normalized spacial score (nSPS) is 26.4. The Labute approximate surface area is 261 Å². The number of hydrogen-bond acceptors (Lipinski definition) is 9. The second-order valence-corrected chi connectivity index (χ2v) is 15.6. The zero-order valence-corrected chi connectivity index (χ0v) is 27.4. The number of hydrogen-bond donors (Lipinski definition) is 2. The third-order valence-electron chi connectivity index (χ3n) is 8.80. The number of nitrogens with zero attached hydrogens (tertiary/aromatic N) is 1. The van der Waals surface area contributed by atoms with Crippen LogP contribution in [0.5, 0.6) is 0 Å². The molecule has 0 radical (unpaired) electrons. The number of carbonyl (C=O) groups is 4. The number of Topliss-reactive ketones (excluding diaryl/α,β-unsaturated/α-hetero) is 1. The Morgan fingerprint density at radius 3 is 2.39 bits per heavy atom. The molecule has 1 aliphatic heterocycles. The summed E-state index contributed by atoms with van der Waals surface area (Å²) >= 11 is 0. The van der Waals surface area contributed by atoms with Crippen molar-refractivity contribution in [2.24, 2.45) is 23.2 Å². The number of esters is 1. The van der Waals surface area contributed by atoms with E-state index in [2.05, 4.69) is 17.9 Å². The van der Waals surface area contributed by atoms with Gasteiger partial charge in [-0.15, -0.1) is 13.2 Å². The molecule has 12 heteroatoms. The van der Waals surface area contributed by atoms with Crippen LogP contribution in [0.2, 0.25) is 0 Å². The van der Waals surface area contributed by atoms with Gasteiger partial charge in [0.05, 0.1) is 35.1 Å². The number of ether oxygens (including phenoxy) is 2. The molecule has 1 saturated heterocycles. The van der Waals surface area contributed by atoms with Crippen LogP contribution in [0.4, 0.5) is 0 Å². The lowest BCUT2D eigenvalue weighted by Crippen LogP contribution is -2.48. The van der Waals surface area contributed by atoms with Crippen molar-refractivity contribution in [3.05, 3.63) is 25.3 Å². The number of sulfonamides is 1. The van der Waals surface area contributed by atoms with Crippen molar-refractivity contribution >= 4 is 33.6 Å². The number of methoxy groups -OCH3 is 1. The van der Waals surface area contributed by atoms with Gasteiger partial charge in [-0.2, -0.15) is 0 Å². The molecule has 2 N–H and O–H groups in total. The molecule has 0 aromatic carbocycles. The molecule has 0 aromatic rings. The van der Waals surface area contributed by atoms with Gasteiger partial charge >= 0.3 is 5.97 Å². The lowest BCUT2D eigenvalue weighted by atomic mass is 9.84. The number of aliphatic hydroxyl groups excluding tert-OH is 1. The Morgan fingerprint density at radius 2 is 1.84 bits per heavy atom. The van der Waals surface area contributed by atoms with E-state index in [9.17, 15) is 32.7 Å². The minimum Gasteiger partial charge on any atom is -0.460 e. The summed E-state index contributed by atoms with van der Waals surface area (Å²) < 4.78 is 38.2. The first-order chi connectivity index (χ1) is 20.6. The number of unbranched alkanes of at least 4 members (excludes halogenated alkanes) is 2. The molecule has 3 aliphatic rings. The van der Waals surface area contributed by atoms with Gasteiger partial charge in [0.1, 0.15) is 5.60 Å². The average Bonchev–Trinajstić information content (AvgIpc) is 3.85. The molecule has 2 amide bonds. The fourth-order valence-corrected chi connectivity index (χ4v) is 7.60. The second-order valence-electron chi connectivity index (χ2n) is 13.6. The van der Waals surface area contributed by atoms with Crippen molar-refractivity contribution < 1.29 is 42.2 Å². The van der Waals surface area contributed by atoms with Crippen LogP contribution < -0.4 is 4.72 Å². The quantitative estimate of drug-likeness (QED) is 0.131. The number of likely N-dealkylation sites (tertiary alicyclic amines) is 1. The molecule has 0 aromatic heterocycles. The molecule has 0 spiro atoms. The summed E-state index contributed by atoms with van der Waals surface area (Å²) in [5.74, 6) is -3.79. The number of aliphatic hydroxyl groups is 1. The van der Waals surface area contributed by atoms with Gasteiger partial charge in [0.25, 0.3) is 0 Å². The first-order valence-corrected chi connectivity index (χ1v) is 17.1. The van der Waals surface area contributed by atoms with Crippen LogP contribution in [-0.4, -0.2) is 85.2 Å². The van der Waals surface area contributed by atoms with E-state index in [1.165, 1.54) is 12.0 Å². The second kappa shape index (κ2) is 14.7. The van der Waals surface area contributed by atoms with E-state index in [1.807, 2.05) is 6.08 Å². The molecule has 0 bridgehead atoms. The fourth-order valence-electron chi connectivity index (χ4n) is 6.21. The SMILES string of the molecule is C=CCCCC[C@@H](COC)[C@H](CC(=O)OC(C)(C)C)C(=O)N1C[C@H](O)C[C@H]1C(=O)C[C@]1(C(=O)NS(=O)(=O)C2CC2)C[C@H]1C=C. The molecule has 2 aliphatic carbocycles. The van der Waals surface area contributed by atoms with Gasteiger partial charge in [-0.05, 0) is 71.1 Å². The summed E-state index contributed by atoms with van der Waals surface area (Å²) in [5.41, 5.74) is -2.04. The number of amides is 2. The van der Waals surface area contributed by atoms with Gasteiger partial charge in [0.15, 0.2) is 5.78 Å². The summed E-state index contributed by atoms with van der Waals surface area (Å²) in [6.07, 6.45) is 6.12. The topological polar surface area (TPSA) is 156 Å². The summed E-state index contributed by atoms with van der Waals surface area (Å²) in [7, 11) is -2.30. The highest BCUT2D eigenvalue weighted by molar-refractivity contribution is 7.90. The van der Waals surface area contributed by atoms with Crippen LogP contribution in [-0.2, 0) is 38.7 Å². The van der Waals surface area contributed by atoms with Crippen molar-refractivity contribution in [1.82, 2.24) is 9.62 Å². The Hall–Kier alpha value is -2.57. The standard InChI is InChI=1S/C32H50N2O9S/c1-7-9-10-11-12-21(20-42-6)25(16-28(37)43-31(3,4)5)29(38)34-19-23(35)15-26(34)27(36)18-32(17-22(32)8-2)30(39)33-44(40,41)24-13-14-24/h7-8,21-26,35H,1-2,9-20H2,3-6H3,(H,33,39)/t21-,22+,23+,25-,26-,32+/m0/s1. The molecule has 11 nitrogen and oxygen atoms in total. The van der Waals surface area contributed by atoms with Crippen LogP contribution in [0.3, 0.4) is 0 Å². The maximum atomic E-state index is 14.2. The molecule has 1 heterocycles. The maximum absolute atomic E-state index is 14.2. The molecule has 0 unspecified atom stereocenters. The first kappa shape index (κ1) is 35.9. The fraction of sp³-hybridized carbons (Fsp3) is 0.750. The number of rotatable bonds is 18. The number of ketones is 1. The Kier molecular flexibility index (Phi) is 12.0. The predicted molar refractivity (Wildman–Crippen MR) is 165 cm³/mol. The smallest absolute Gasteiger partial charge is 0.307 e. The van der Waals surface area contributed by atoms with Crippen molar-refractivity contribution in [1.29, 1.82) is 0 Å². The molecule has 6 atom stereocenters. The van der Waals surface area contributed by atoms with E-state index in [0.717, 1.165) is 19.3 Å². The zero-order valence-electron chi connectivity index (χ0n) is 26.6. The van der Waals surface area contributed by atoms with Crippen molar-refractivity contribution in [2.75, 3.05) is 20.3 Å². The number of allylic oxidation sites excluding steroid dienone is 2. The van der Waals surface area contributed by atoms with Crippen molar-refractivity contribution in [2.45, 2.75) is 108 Å². The first-order valence-electron chi connectivity index (χ1n) is 15.6. The Morgan fingerprint density at radius 1 is 1.16 bits per heavy atom. The Balaban J connectivity index is 1.84. The minimum atomic E-state index is -3.82. The maximum Gasteiger partial charge on any atom is 0.307 e. The lowest BCUT2D eigenvalue weighted by Gasteiger charge is -2.33. The molecular weight excluding hydrogens is 588 g/mol. The summed E-state index contributed by atoms with van der Waals surface area (Å²) in [4.78, 5) is 55.6. The minimum absolute atomic E-state index is 0.0190.